The minimum Gasteiger partial charge on any atom is -0.103 e. The fourth-order valence-corrected chi connectivity index (χ4v) is 3.20. The van der Waals surface area contributed by atoms with Gasteiger partial charge in [-0.05, 0) is 63.7 Å². The van der Waals surface area contributed by atoms with Crippen molar-refractivity contribution in [3.8, 4) is 0 Å². The lowest BCUT2D eigenvalue weighted by Crippen LogP contribution is -2.23. The molecule has 0 aromatic carbocycles. The fourth-order valence-electron chi connectivity index (χ4n) is 3.20. The second-order valence-corrected chi connectivity index (χ2v) is 6.15. The molecule has 0 heterocycles. The Morgan fingerprint density at radius 1 is 1.09 bits per heavy atom. The zero-order valence-electron chi connectivity index (χ0n) is 16.1. The summed E-state index contributed by atoms with van der Waals surface area (Å²) in [5, 5.41) is 0. The summed E-state index contributed by atoms with van der Waals surface area (Å²) in [4.78, 5) is 0. The van der Waals surface area contributed by atoms with E-state index in [9.17, 15) is 0 Å². The normalized spacial score (nSPS) is 13.9. The van der Waals surface area contributed by atoms with Gasteiger partial charge in [0.15, 0.2) is 0 Å². The lowest BCUT2D eigenvalue weighted by Gasteiger charge is -2.34. The zero-order chi connectivity index (χ0) is 16.7. The fraction of sp³-hybridized carbons (Fsp3) is 0.818. The largest absolute Gasteiger partial charge is 0.103 e. The molecule has 0 radical (unpaired) electrons. The van der Waals surface area contributed by atoms with E-state index in [1.807, 2.05) is 19.9 Å². The van der Waals surface area contributed by atoms with Crippen molar-refractivity contribution in [3.05, 3.63) is 24.3 Å². The summed E-state index contributed by atoms with van der Waals surface area (Å²) in [7, 11) is 0. The molecule has 1 aliphatic carbocycles. The summed E-state index contributed by atoms with van der Waals surface area (Å²) < 4.78 is 0. The molecule has 0 amide bonds. The summed E-state index contributed by atoms with van der Waals surface area (Å²) in [6.45, 7) is 18.7. The average molecular weight is 311 g/mol. The minimum atomic E-state index is 0. The van der Waals surface area contributed by atoms with Gasteiger partial charge in [-0.1, -0.05) is 72.6 Å². The molecule has 0 aromatic rings. The van der Waals surface area contributed by atoms with Gasteiger partial charge in [-0.3, -0.25) is 0 Å². The third-order valence-electron chi connectivity index (χ3n) is 4.35. The van der Waals surface area contributed by atoms with Crippen molar-refractivity contribution in [2.24, 2.45) is 11.3 Å². The highest BCUT2D eigenvalue weighted by Crippen LogP contribution is 2.54. The Morgan fingerprint density at radius 2 is 1.50 bits per heavy atom. The lowest BCUT2D eigenvalue weighted by molar-refractivity contribution is 0.190. The van der Waals surface area contributed by atoms with Gasteiger partial charge in [-0.15, -0.1) is 6.58 Å². The Bertz CT molecular complexity index is 249. The predicted molar refractivity (Wildman–Crippen MR) is 108 cm³/mol. The first-order valence-electron chi connectivity index (χ1n) is 9.32. The number of rotatable bonds is 8. The highest BCUT2D eigenvalue weighted by molar-refractivity contribution is 5.05. The van der Waals surface area contributed by atoms with E-state index in [0.29, 0.717) is 5.41 Å². The first-order chi connectivity index (χ1) is 10.1. The number of hydrogen-bond donors (Lipinski definition) is 0. The van der Waals surface area contributed by atoms with Crippen LogP contribution in [0.25, 0.3) is 0 Å². The van der Waals surface area contributed by atoms with E-state index < -0.39 is 0 Å². The van der Waals surface area contributed by atoms with Crippen LogP contribution in [0, 0.1) is 11.3 Å². The molecule has 1 saturated carbocycles. The highest BCUT2D eigenvalue weighted by atomic mass is 14.5. The van der Waals surface area contributed by atoms with Crippen LogP contribution in [-0.4, -0.2) is 0 Å². The molecular formula is C22H46. The Labute approximate surface area is 143 Å². The van der Waals surface area contributed by atoms with Gasteiger partial charge >= 0.3 is 0 Å². The van der Waals surface area contributed by atoms with Gasteiger partial charge in [0.2, 0.25) is 0 Å². The van der Waals surface area contributed by atoms with Crippen molar-refractivity contribution in [2.45, 2.75) is 107 Å². The molecule has 0 bridgehead atoms. The van der Waals surface area contributed by atoms with Crippen LogP contribution in [-0.2, 0) is 0 Å². The lowest BCUT2D eigenvalue weighted by atomic mass is 9.70. The van der Waals surface area contributed by atoms with Crippen LogP contribution in [0.4, 0.5) is 0 Å². The topological polar surface area (TPSA) is 0 Å². The van der Waals surface area contributed by atoms with E-state index in [1.54, 1.807) is 5.57 Å². The van der Waals surface area contributed by atoms with Crippen LogP contribution in [0.1, 0.15) is 107 Å². The van der Waals surface area contributed by atoms with Gasteiger partial charge in [0.05, 0.1) is 0 Å². The first kappa shape index (κ1) is 26.4. The molecule has 1 rings (SSSR count). The van der Waals surface area contributed by atoms with Gasteiger partial charge in [-0.25, -0.2) is 0 Å². The Kier molecular flexibility index (Phi) is 20.2. The molecule has 0 nitrogen and oxygen atoms in total. The quantitative estimate of drug-likeness (QED) is 0.394. The van der Waals surface area contributed by atoms with E-state index in [1.165, 1.54) is 44.9 Å². The monoisotopic (exact) mass is 310 g/mol. The van der Waals surface area contributed by atoms with Gasteiger partial charge in [0, 0.05) is 0 Å². The molecule has 0 heteroatoms. The summed E-state index contributed by atoms with van der Waals surface area (Å²) in [5.74, 6) is 1.05. The molecule has 1 fully saturated rings. The second kappa shape index (κ2) is 16.8. The molecule has 1 aliphatic rings. The van der Waals surface area contributed by atoms with Crippen molar-refractivity contribution < 1.29 is 0 Å². The van der Waals surface area contributed by atoms with E-state index in [4.69, 9.17) is 0 Å². The molecule has 0 unspecified atom stereocenters. The third-order valence-corrected chi connectivity index (χ3v) is 4.35. The molecule has 22 heavy (non-hydrogen) atoms. The van der Waals surface area contributed by atoms with Crippen molar-refractivity contribution >= 4 is 0 Å². The maximum atomic E-state index is 3.48. The van der Waals surface area contributed by atoms with Gasteiger partial charge in [0.25, 0.3) is 0 Å². The van der Waals surface area contributed by atoms with Crippen LogP contribution in [0.15, 0.2) is 24.3 Å². The van der Waals surface area contributed by atoms with Crippen molar-refractivity contribution in [1.82, 2.24) is 0 Å². The van der Waals surface area contributed by atoms with Crippen LogP contribution in [0.2, 0.25) is 0 Å². The van der Waals surface area contributed by atoms with Crippen LogP contribution in [0.3, 0.4) is 0 Å². The van der Waals surface area contributed by atoms with Crippen molar-refractivity contribution in [3.63, 3.8) is 0 Å². The molecule has 0 spiro atoms. The van der Waals surface area contributed by atoms with E-state index >= 15 is 0 Å². The third kappa shape index (κ3) is 11.1. The smallest absolute Gasteiger partial charge is 0.0232 e. The molecule has 0 saturated heterocycles. The van der Waals surface area contributed by atoms with Crippen LogP contribution >= 0.6 is 0 Å². The standard InChI is InChI=1S/C15H28.C4H8.C2H6.CH4/c1-5-10-15(11-6-2,14-8-9-14)12-13(4)7-3;1-3-4-2;1-2;/h7,14H,5-6,8-12H2,1-4H3;3H,1,4H2,2H3;1-2H3;1H4/b13-7+;;;. The van der Waals surface area contributed by atoms with Gasteiger partial charge in [-0.2, -0.15) is 0 Å². The molecule has 0 aromatic heterocycles. The maximum Gasteiger partial charge on any atom is -0.0232 e. The van der Waals surface area contributed by atoms with E-state index in [-0.39, 0.29) is 7.43 Å². The SMILES string of the molecule is C.C/C=C(\C)CC(CCC)(CCC)C1CC1.C=CCC.CC. The summed E-state index contributed by atoms with van der Waals surface area (Å²) in [5.41, 5.74) is 2.27. The summed E-state index contributed by atoms with van der Waals surface area (Å²) >= 11 is 0. The Hall–Kier alpha value is -0.520. The molecular weight excluding hydrogens is 264 g/mol. The minimum absolute atomic E-state index is 0. The predicted octanol–water partition coefficient (Wildman–Crippen LogP) is 8.58. The Balaban J connectivity index is -0.000000448. The zero-order valence-corrected chi connectivity index (χ0v) is 16.1. The highest BCUT2D eigenvalue weighted by Gasteiger charge is 2.43. The molecule has 134 valence electrons. The van der Waals surface area contributed by atoms with E-state index in [0.717, 1.165) is 12.3 Å². The second-order valence-electron chi connectivity index (χ2n) is 6.15. The van der Waals surface area contributed by atoms with E-state index in [2.05, 4.69) is 47.3 Å². The summed E-state index contributed by atoms with van der Waals surface area (Å²) in [6, 6.07) is 0. The molecule has 0 atom stereocenters. The number of allylic oxidation sites excluding steroid dienone is 3. The van der Waals surface area contributed by atoms with Crippen LogP contribution in [0.5, 0.6) is 0 Å². The summed E-state index contributed by atoms with van der Waals surface area (Å²) in [6.07, 6.45) is 15.2. The van der Waals surface area contributed by atoms with Crippen molar-refractivity contribution in [2.75, 3.05) is 0 Å². The Morgan fingerprint density at radius 3 is 1.73 bits per heavy atom. The molecule has 0 aliphatic heterocycles. The maximum absolute atomic E-state index is 3.48. The van der Waals surface area contributed by atoms with Crippen LogP contribution < -0.4 is 0 Å². The van der Waals surface area contributed by atoms with Gasteiger partial charge in [0.1, 0.15) is 0 Å². The van der Waals surface area contributed by atoms with Gasteiger partial charge < -0.3 is 0 Å². The first-order valence-corrected chi connectivity index (χ1v) is 9.32. The molecule has 0 N–H and O–H groups in total. The average Bonchev–Trinajstić information content (AvgIpc) is 3.35. The number of hydrogen-bond acceptors (Lipinski definition) is 0. The van der Waals surface area contributed by atoms with Crippen molar-refractivity contribution in [1.29, 1.82) is 0 Å².